The molecule has 0 spiro atoms. The van der Waals surface area contributed by atoms with E-state index >= 15 is 0 Å². The van der Waals surface area contributed by atoms with E-state index in [0.29, 0.717) is 24.4 Å². The van der Waals surface area contributed by atoms with E-state index in [9.17, 15) is 9.59 Å². The van der Waals surface area contributed by atoms with Gasteiger partial charge in [0, 0.05) is 24.7 Å². The van der Waals surface area contributed by atoms with E-state index < -0.39 is 0 Å². The molecule has 0 aliphatic rings. The Labute approximate surface area is 132 Å². The lowest BCUT2D eigenvalue weighted by molar-refractivity contribution is -0.134. The number of likely N-dealkylation sites (N-methyl/N-ethyl adjacent to an activating group) is 1. The third-order valence-corrected chi connectivity index (χ3v) is 3.42. The number of ether oxygens (including phenoxy) is 1. The Bertz CT molecular complexity index is 489. The van der Waals surface area contributed by atoms with E-state index in [4.69, 9.17) is 4.74 Å². The van der Waals surface area contributed by atoms with Crippen LogP contribution in [0.5, 0.6) is 5.75 Å². The van der Waals surface area contributed by atoms with Crippen molar-refractivity contribution in [2.24, 2.45) is 0 Å². The molecule has 122 valence electrons. The summed E-state index contributed by atoms with van der Waals surface area (Å²) >= 11 is 0. The van der Waals surface area contributed by atoms with E-state index in [-0.39, 0.29) is 18.4 Å². The van der Waals surface area contributed by atoms with Crippen molar-refractivity contribution < 1.29 is 14.3 Å². The van der Waals surface area contributed by atoms with Crippen LogP contribution in [-0.2, 0) is 9.59 Å². The highest BCUT2D eigenvalue weighted by Gasteiger charge is 2.15. The summed E-state index contributed by atoms with van der Waals surface area (Å²) in [7, 11) is 1.58. The molecule has 2 amide bonds. The van der Waals surface area contributed by atoms with Crippen molar-refractivity contribution in [1.82, 2.24) is 4.90 Å². The van der Waals surface area contributed by atoms with Gasteiger partial charge in [-0.15, -0.1) is 0 Å². The maximum atomic E-state index is 12.1. The molecule has 0 aliphatic carbocycles. The lowest BCUT2D eigenvalue weighted by atomic mass is 10.2. The highest BCUT2D eigenvalue weighted by molar-refractivity contribution is 5.94. The standard InChI is InChI=1S/C17H26N2O3/c1-4-6-7-11-17(21)19(5-2)13-16(20)18-14-9-8-10-15(12-14)22-3/h8-10,12H,4-7,11,13H2,1-3H3,(H,18,20). The molecule has 0 heterocycles. The summed E-state index contributed by atoms with van der Waals surface area (Å²) in [5, 5.41) is 2.79. The van der Waals surface area contributed by atoms with Crippen LogP contribution in [0.2, 0.25) is 0 Å². The van der Waals surface area contributed by atoms with E-state index in [1.807, 2.05) is 19.1 Å². The average Bonchev–Trinajstić information content (AvgIpc) is 2.52. The van der Waals surface area contributed by atoms with E-state index in [1.165, 1.54) is 0 Å². The molecule has 1 N–H and O–H groups in total. The first-order valence-electron chi connectivity index (χ1n) is 7.82. The summed E-state index contributed by atoms with van der Waals surface area (Å²) < 4.78 is 5.12. The second-order valence-corrected chi connectivity index (χ2v) is 5.15. The molecule has 0 aromatic heterocycles. The normalized spacial score (nSPS) is 10.1. The fraction of sp³-hybridized carbons (Fsp3) is 0.529. The molecule has 0 saturated heterocycles. The average molecular weight is 306 g/mol. The number of nitrogens with one attached hydrogen (secondary N) is 1. The molecule has 0 radical (unpaired) electrons. The van der Waals surface area contributed by atoms with Gasteiger partial charge in [-0.1, -0.05) is 25.8 Å². The molecule has 0 saturated carbocycles. The Balaban J connectivity index is 2.51. The van der Waals surface area contributed by atoms with Gasteiger partial charge in [0.15, 0.2) is 0 Å². The summed E-state index contributed by atoms with van der Waals surface area (Å²) in [6.07, 6.45) is 3.51. The maximum absolute atomic E-state index is 12.1. The topological polar surface area (TPSA) is 58.6 Å². The van der Waals surface area contributed by atoms with Crippen molar-refractivity contribution in [2.45, 2.75) is 39.5 Å². The highest BCUT2D eigenvalue weighted by atomic mass is 16.5. The molecule has 1 aromatic rings. The van der Waals surface area contributed by atoms with Gasteiger partial charge >= 0.3 is 0 Å². The molecule has 0 aliphatic heterocycles. The van der Waals surface area contributed by atoms with Crippen molar-refractivity contribution in [3.05, 3.63) is 24.3 Å². The molecule has 0 unspecified atom stereocenters. The number of amides is 2. The van der Waals surface area contributed by atoms with Crippen molar-refractivity contribution in [2.75, 3.05) is 25.5 Å². The number of carbonyl (C=O) groups excluding carboxylic acids is 2. The van der Waals surface area contributed by atoms with Crippen LogP contribution in [0.25, 0.3) is 0 Å². The fourth-order valence-electron chi connectivity index (χ4n) is 2.14. The van der Waals surface area contributed by atoms with E-state index in [1.54, 1.807) is 24.1 Å². The monoisotopic (exact) mass is 306 g/mol. The molecule has 0 fully saturated rings. The summed E-state index contributed by atoms with van der Waals surface area (Å²) in [5.41, 5.74) is 0.666. The Morgan fingerprint density at radius 1 is 1.23 bits per heavy atom. The smallest absolute Gasteiger partial charge is 0.243 e. The van der Waals surface area contributed by atoms with Crippen LogP contribution in [0.3, 0.4) is 0 Å². The molecule has 0 bridgehead atoms. The molecule has 5 nitrogen and oxygen atoms in total. The van der Waals surface area contributed by atoms with Gasteiger partial charge in [0.2, 0.25) is 11.8 Å². The number of carbonyl (C=O) groups is 2. The van der Waals surface area contributed by atoms with Crippen LogP contribution in [-0.4, -0.2) is 36.9 Å². The summed E-state index contributed by atoms with van der Waals surface area (Å²) in [6.45, 7) is 4.61. The lowest BCUT2D eigenvalue weighted by Gasteiger charge is -2.20. The molecule has 0 atom stereocenters. The number of hydrogen-bond acceptors (Lipinski definition) is 3. The fourth-order valence-corrected chi connectivity index (χ4v) is 2.14. The van der Waals surface area contributed by atoms with Crippen molar-refractivity contribution in [3.8, 4) is 5.75 Å². The predicted octanol–water partition coefficient (Wildman–Crippen LogP) is 3.06. The van der Waals surface area contributed by atoms with Crippen LogP contribution < -0.4 is 10.1 Å². The zero-order valence-corrected chi connectivity index (χ0v) is 13.7. The van der Waals surface area contributed by atoms with Crippen LogP contribution in [0.1, 0.15) is 39.5 Å². The van der Waals surface area contributed by atoms with Gasteiger partial charge in [0.25, 0.3) is 0 Å². The SMILES string of the molecule is CCCCCC(=O)N(CC)CC(=O)Nc1cccc(OC)c1. The number of rotatable bonds is 9. The molecule has 22 heavy (non-hydrogen) atoms. The van der Waals surface area contributed by atoms with Crippen LogP contribution in [0, 0.1) is 0 Å². The molecular weight excluding hydrogens is 280 g/mol. The Hall–Kier alpha value is -2.04. The van der Waals surface area contributed by atoms with E-state index in [2.05, 4.69) is 12.2 Å². The van der Waals surface area contributed by atoms with Crippen LogP contribution >= 0.6 is 0 Å². The summed E-state index contributed by atoms with van der Waals surface area (Å²) in [6, 6.07) is 7.16. The second kappa shape index (κ2) is 9.82. The van der Waals surface area contributed by atoms with Crippen molar-refractivity contribution in [3.63, 3.8) is 0 Å². The minimum Gasteiger partial charge on any atom is -0.497 e. The Kier molecular flexibility index (Phi) is 8.04. The number of unbranched alkanes of at least 4 members (excludes halogenated alkanes) is 2. The largest absolute Gasteiger partial charge is 0.497 e. The van der Waals surface area contributed by atoms with Crippen LogP contribution in [0.15, 0.2) is 24.3 Å². The zero-order valence-electron chi connectivity index (χ0n) is 13.7. The number of benzene rings is 1. The second-order valence-electron chi connectivity index (χ2n) is 5.15. The first-order valence-corrected chi connectivity index (χ1v) is 7.82. The first-order chi connectivity index (χ1) is 10.6. The zero-order chi connectivity index (χ0) is 16.4. The number of hydrogen-bond donors (Lipinski definition) is 1. The lowest BCUT2D eigenvalue weighted by Crippen LogP contribution is -2.37. The summed E-state index contributed by atoms with van der Waals surface area (Å²) in [5.74, 6) is 0.525. The quantitative estimate of drug-likeness (QED) is 0.713. The minimum absolute atomic E-state index is 0.0387. The Morgan fingerprint density at radius 2 is 2.00 bits per heavy atom. The molecule has 5 heteroatoms. The van der Waals surface area contributed by atoms with Gasteiger partial charge in [-0.2, -0.15) is 0 Å². The van der Waals surface area contributed by atoms with E-state index in [0.717, 1.165) is 19.3 Å². The molecule has 1 aromatic carbocycles. The number of methoxy groups -OCH3 is 1. The van der Waals surface area contributed by atoms with Crippen molar-refractivity contribution >= 4 is 17.5 Å². The Morgan fingerprint density at radius 3 is 2.64 bits per heavy atom. The first kappa shape index (κ1) is 18.0. The van der Waals surface area contributed by atoms with Gasteiger partial charge in [-0.05, 0) is 25.5 Å². The predicted molar refractivity (Wildman–Crippen MR) is 88.0 cm³/mol. The van der Waals surface area contributed by atoms with Crippen LogP contribution in [0.4, 0.5) is 5.69 Å². The van der Waals surface area contributed by atoms with Gasteiger partial charge < -0.3 is 15.0 Å². The van der Waals surface area contributed by atoms with Gasteiger partial charge in [0.1, 0.15) is 5.75 Å². The molecular formula is C17H26N2O3. The van der Waals surface area contributed by atoms with Gasteiger partial charge in [-0.3, -0.25) is 9.59 Å². The highest BCUT2D eigenvalue weighted by Crippen LogP contribution is 2.16. The maximum Gasteiger partial charge on any atom is 0.243 e. The third kappa shape index (κ3) is 6.16. The minimum atomic E-state index is -0.195. The number of nitrogens with zero attached hydrogens (tertiary/aromatic N) is 1. The third-order valence-electron chi connectivity index (χ3n) is 3.42. The molecule has 1 rings (SSSR count). The van der Waals surface area contributed by atoms with Gasteiger partial charge in [-0.25, -0.2) is 0 Å². The van der Waals surface area contributed by atoms with Crippen molar-refractivity contribution in [1.29, 1.82) is 0 Å². The van der Waals surface area contributed by atoms with Gasteiger partial charge in [0.05, 0.1) is 13.7 Å². The number of anilines is 1. The summed E-state index contributed by atoms with van der Waals surface area (Å²) in [4.78, 5) is 25.7.